The maximum absolute atomic E-state index is 12.8. The monoisotopic (exact) mass is 407 g/mol. The minimum atomic E-state index is -0.136. The van der Waals surface area contributed by atoms with Crippen LogP contribution in [-0.4, -0.2) is 22.6 Å². The first-order valence-electron chi connectivity index (χ1n) is 9.86. The summed E-state index contributed by atoms with van der Waals surface area (Å²) in [6, 6.07) is 14.5. The van der Waals surface area contributed by atoms with E-state index in [1.165, 1.54) is 18.4 Å². The molecule has 0 saturated carbocycles. The van der Waals surface area contributed by atoms with Gasteiger partial charge in [-0.15, -0.1) is 0 Å². The predicted molar refractivity (Wildman–Crippen MR) is 114 cm³/mol. The lowest BCUT2D eigenvalue weighted by molar-refractivity contribution is 0.0954. The van der Waals surface area contributed by atoms with Crippen LogP contribution in [0, 0.1) is 0 Å². The molecule has 0 radical (unpaired) electrons. The average Bonchev–Trinajstić information content (AvgIpc) is 3.25. The summed E-state index contributed by atoms with van der Waals surface area (Å²) in [4.78, 5) is 17.2. The van der Waals surface area contributed by atoms with Crippen LogP contribution >= 0.6 is 11.6 Å². The number of allylic oxidation sites excluding steroid dienone is 1. The van der Waals surface area contributed by atoms with Crippen molar-refractivity contribution < 1.29 is 9.32 Å². The molecule has 1 aliphatic rings. The van der Waals surface area contributed by atoms with Crippen LogP contribution in [0.1, 0.15) is 42.5 Å². The Bertz CT molecular complexity index is 1020. The zero-order valence-electron chi connectivity index (χ0n) is 16.0. The molecule has 1 aliphatic carbocycles. The van der Waals surface area contributed by atoms with Gasteiger partial charge >= 0.3 is 0 Å². The Morgan fingerprint density at radius 3 is 2.72 bits per heavy atom. The molecule has 1 heterocycles. The second-order valence-electron chi connectivity index (χ2n) is 7.09. The molecule has 0 spiro atoms. The number of amides is 1. The molecule has 3 aromatic rings. The summed E-state index contributed by atoms with van der Waals surface area (Å²) in [6.45, 7) is 0.624. The fourth-order valence-electron chi connectivity index (χ4n) is 3.48. The molecule has 0 saturated heterocycles. The normalized spacial score (nSPS) is 13.8. The number of nitrogens with zero attached hydrogens (tertiary/aromatic N) is 2. The van der Waals surface area contributed by atoms with Gasteiger partial charge in [0.05, 0.1) is 11.1 Å². The van der Waals surface area contributed by atoms with Gasteiger partial charge in [0.2, 0.25) is 5.82 Å². The van der Waals surface area contributed by atoms with Crippen molar-refractivity contribution in [3.8, 4) is 22.8 Å². The molecule has 6 heteroatoms. The summed E-state index contributed by atoms with van der Waals surface area (Å²) in [5.74, 6) is 0.634. The van der Waals surface area contributed by atoms with Gasteiger partial charge < -0.3 is 9.84 Å². The van der Waals surface area contributed by atoms with E-state index in [0.717, 1.165) is 24.8 Å². The number of carbonyl (C=O) groups is 1. The highest BCUT2D eigenvalue weighted by molar-refractivity contribution is 6.30. The third-order valence-corrected chi connectivity index (χ3v) is 5.30. The van der Waals surface area contributed by atoms with E-state index < -0.39 is 0 Å². The minimum absolute atomic E-state index is 0.136. The highest BCUT2D eigenvalue weighted by Crippen LogP contribution is 2.26. The smallest absolute Gasteiger partial charge is 0.259 e. The Balaban J connectivity index is 1.48. The van der Waals surface area contributed by atoms with Crippen molar-refractivity contribution in [1.82, 2.24) is 15.5 Å². The molecular formula is C23H22ClN3O2. The maximum atomic E-state index is 12.8. The van der Waals surface area contributed by atoms with E-state index in [2.05, 4.69) is 21.5 Å². The number of halogens is 1. The highest BCUT2D eigenvalue weighted by Gasteiger charge is 2.18. The van der Waals surface area contributed by atoms with Crippen molar-refractivity contribution in [2.24, 2.45) is 0 Å². The van der Waals surface area contributed by atoms with E-state index in [1.807, 2.05) is 30.3 Å². The van der Waals surface area contributed by atoms with Crippen LogP contribution in [0.25, 0.3) is 22.8 Å². The Kier molecular flexibility index (Phi) is 6.06. The van der Waals surface area contributed by atoms with E-state index in [0.29, 0.717) is 34.4 Å². The molecule has 5 nitrogen and oxygen atoms in total. The third-order valence-electron chi connectivity index (χ3n) is 5.05. The lowest BCUT2D eigenvalue weighted by Gasteiger charge is -2.13. The number of rotatable bonds is 6. The zero-order valence-corrected chi connectivity index (χ0v) is 16.8. The molecule has 0 bridgehead atoms. The highest BCUT2D eigenvalue weighted by atomic mass is 35.5. The van der Waals surface area contributed by atoms with Crippen molar-refractivity contribution in [2.75, 3.05) is 6.54 Å². The van der Waals surface area contributed by atoms with Crippen LogP contribution in [0.4, 0.5) is 0 Å². The van der Waals surface area contributed by atoms with Gasteiger partial charge in [0.15, 0.2) is 0 Å². The van der Waals surface area contributed by atoms with Crippen LogP contribution in [0.3, 0.4) is 0 Å². The SMILES string of the molecule is O=C(NCCC1=CCCCC1)c1ccccc1-c1nc(-c2ccc(Cl)cc2)no1. The van der Waals surface area contributed by atoms with Crippen molar-refractivity contribution in [3.63, 3.8) is 0 Å². The Hall–Kier alpha value is -2.92. The molecule has 0 atom stereocenters. The van der Waals surface area contributed by atoms with Gasteiger partial charge in [-0.2, -0.15) is 4.98 Å². The van der Waals surface area contributed by atoms with Crippen molar-refractivity contribution in [3.05, 3.63) is 70.8 Å². The van der Waals surface area contributed by atoms with Gasteiger partial charge in [-0.1, -0.05) is 40.5 Å². The molecule has 148 valence electrons. The van der Waals surface area contributed by atoms with E-state index in [9.17, 15) is 4.79 Å². The molecule has 0 unspecified atom stereocenters. The number of aromatic nitrogens is 2. The Morgan fingerprint density at radius 2 is 1.93 bits per heavy atom. The van der Waals surface area contributed by atoms with Crippen LogP contribution in [0.2, 0.25) is 5.02 Å². The van der Waals surface area contributed by atoms with E-state index >= 15 is 0 Å². The molecule has 1 aromatic heterocycles. The number of hydrogen-bond donors (Lipinski definition) is 1. The zero-order chi connectivity index (χ0) is 20.1. The minimum Gasteiger partial charge on any atom is -0.352 e. The summed E-state index contributed by atoms with van der Waals surface area (Å²) >= 11 is 5.93. The second-order valence-corrected chi connectivity index (χ2v) is 7.53. The first-order valence-corrected chi connectivity index (χ1v) is 10.2. The summed E-state index contributed by atoms with van der Waals surface area (Å²) < 4.78 is 5.44. The van der Waals surface area contributed by atoms with Gasteiger partial charge in [-0.3, -0.25) is 4.79 Å². The van der Waals surface area contributed by atoms with Gasteiger partial charge in [0.1, 0.15) is 0 Å². The number of carbonyl (C=O) groups excluding carboxylic acids is 1. The molecule has 0 fully saturated rings. The van der Waals surface area contributed by atoms with Gasteiger partial charge in [0.25, 0.3) is 11.8 Å². The lowest BCUT2D eigenvalue weighted by Crippen LogP contribution is -2.25. The number of benzene rings is 2. The van der Waals surface area contributed by atoms with Crippen molar-refractivity contribution in [1.29, 1.82) is 0 Å². The predicted octanol–water partition coefficient (Wildman–Crippen LogP) is 5.68. The van der Waals surface area contributed by atoms with Crippen molar-refractivity contribution in [2.45, 2.75) is 32.1 Å². The van der Waals surface area contributed by atoms with Crippen LogP contribution < -0.4 is 5.32 Å². The Labute approximate surface area is 174 Å². The molecule has 0 aliphatic heterocycles. The topological polar surface area (TPSA) is 68.0 Å². The van der Waals surface area contributed by atoms with E-state index in [1.54, 1.807) is 18.2 Å². The molecular weight excluding hydrogens is 386 g/mol. The number of hydrogen-bond acceptors (Lipinski definition) is 4. The fraction of sp³-hybridized carbons (Fsp3) is 0.261. The van der Waals surface area contributed by atoms with Crippen LogP contribution in [0.15, 0.2) is 64.7 Å². The number of nitrogens with one attached hydrogen (secondary N) is 1. The summed E-state index contributed by atoms with van der Waals surface area (Å²) in [5, 5.41) is 7.71. The van der Waals surface area contributed by atoms with Gasteiger partial charge in [-0.05, 0) is 68.5 Å². The molecule has 29 heavy (non-hydrogen) atoms. The van der Waals surface area contributed by atoms with Crippen LogP contribution in [0.5, 0.6) is 0 Å². The largest absolute Gasteiger partial charge is 0.352 e. The summed E-state index contributed by atoms with van der Waals surface area (Å²) in [6.07, 6.45) is 8.01. The third kappa shape index (κ3) is 4.74. The van der Waals surface area contributed by atoms with Gasteiger partial charge in [-0.25, -0.2) is 0 Å². The summed E-state index contributed by atoms with van der Waals surface area (Å²) in [7, 11) is 0. The second kappa shape index (κ2) is 9.05. The molecule has 2 aromatic carbocycles. The first-order chi connectivity index (χ1) is 14.2. The maximum Gasteiger partial charge on any atom is 0.259 e. The van der Waals surface area contributed by atoms with Crippen molar-refractivity contribution >= 4 is 17.5 Å². The quantitative estimate of drug-likeness (QED) is 0.534. The standard InChI is InChI=1S/C23H22ClN3O2/c24-18-12-10-17(11-13-18)21-26-23(29-27-21)20-9-5-4-8-19(20)22(28)25-15-14-16-6-2-1-3-7-16/h4-6,8-13H,1-3,7,14-15H2,(H,25,28). The average molecular weight is 408 g/mol. The Morgan fingerprint density at radius 1 is 1.10 bits per heavy atom. The first kappa shape index (κ1) is 19.4. The fourth-order valence-corrected chi connectivity index (χ4v) is 3.61. The molecule has 1 N–H and O–H groups in total. The van der Waals surface area contributed by atoms with E-state index in [-0.39, 0.29) is 5.91 Å². The van der Waals surface area contributed by atoms with Gasteiger partial charge in [0, 0.05) is 17.1 Å². The van der Waals surface area contributed by atoms with E-state index in [4.69, 9.17) is 16.1 Å². The lowest BCUT2D eigenvalue weighted by atomic mass is 9.97. The molecule has 1 amide bonds. The van der Waals surface area contributed by atoms with Crippen LogP contribution in [-0.2, 0) is 0 Å². The summed E-state index contributed by atoms with van der Waals surface area (Å²) in [5.41, 5.74) is 3.38. The molecule has 4 rings (SSSR count).